The summed E-state index contributed by atoms with van der Waals surface area (Å²) < 4.78 is 31.2. The standard InChI is InChI=1S/C12H14F2N2O3/c1-3-9(15)11(17)16-10-4-6(12(18)19-2)7(13)5-8(10)14/h4-5,9H,3,15H2,1-2H3,(H,16,17)/t9-/m0/s1. The van der Waals surface area contributed by atoms with Crippen molar-refractivity contribution < 1.29 is 23.1 Å². The van der Waals surface area contributed by atoms with E-state index in [0.717, 1.165) is 13.2 Å². The lowest BCUT2D eigenvalue weighted by atomic mass is 10.1. The molecule has 0 aromatic heterocycles. The number of nitrogens with one attached hydrogen (secondary N) is 1. The number of hydrogen-bond acceptors (Lipinski definition) is 4. The minimum absolute atomic E-state index is 0.323. The number of hydrogen-bond donors (Lipinski definition) is 2. The summed E-state index contributed by atoms with van der Waals surface area (Å²) in [4.78, 5) is 22.8. The van der Waals surface area contributed by atoms with Gasteiger partial charge in [-0.1, -0.05) is 6.92 Å². The molecule has 0 aliphatic carbocycles. The number of ether oxygens (including phenoxy) is 1. The number of carbonyl (C=O) groups is 2. The average Bonchev–Trinajstić information content (AvgIpc) is 2.39. The van der Waals surface area contributed by atoms with Crippen LogP contribution in [0.2, 0.25) is 0 Å². The minimum Gasteiger partial charge on any atom is -0.465 e. The van der Waals surface area contributed by atoms with E-state index in [1.54, 1.807) is 6.92 Å². The van der Waals surface area contributed by atoms with Gasteiger partial charge in [0.25, 0.3) is 0 Å². The molecule has 0 radical (unpaired) electrons. The Morgan fingerprint density at radius 3 is 2.53 bits per heavy atom. The van der Waals surface area contributed by atoms with Crippen molar-refractivity contribution in [1.29, 1.82) is 0 Å². The first-order chi connectivity index (χ1) is 8.90. The van der Waals surface area contributed by atoms with Crippen molar-refractivity contribution in [3.05, 3.63) is 29.3 Å². The molecule has 0 fully saturated rings. The molecule has 1 amide bonds. The van der Waals surface area contributed by atoms with Gasteiger partial charge in [-0.15, -0.1) is 0 Å². The molecule has 0 aliphatic heterocycles. The van der Waals surface area contributed by atoms with Crippen molar-refractivity contribution in [2.75, 3.05) is 12.4 Å². The van der Waals surface area contributed by atoms with Crippen LogP contribution in [0.25, 0.3) is 0 Å². The number of anilines is 1. The molecule has 1 aromatic carbocycles. The van der Waals surface area contributed by atoms with Gasteiger partial charge in [-0.05, 0) is 12.5 Å². The molecule has 19 heavy (non-hydrogen) atoms. The number of esters is 1. The maximum absolute atomic E-state index is 13.5. The van der Waals surface area contributed by atoms with Gasteiger partial charge in [-0.2, -0.15) is 0 Å². The third kappa shape index (κ3) is 3.47. The molecular weight excluding hydrogens is 258 g/mol. The van der Waals surface area contributed by atoms with Gasteiger partial charge in [-0.25, -0.2) is 13.6 Å². The molecule has 0 heterocycles. The van der Waals surface area contributed by atoms with Crippen LogP contribution in [-0.2, 0) is 9.53 Å². The maximum atomic E-state index is 13.5. The summed E-state index contributed by atoms with van der Waals surface area (Å²) in [6, 6.07) is 0.557. The predicted octanol–water partition coefficient (Wildman–Crippen LogP) is 1.43. The van der Waals surface area contributed by atoms with E-state index >= 15 is 0 Å². The zero-order valence-corrected chi connectivity index (χ0v) is 10.5. The van der Waals surface area contributed by atoms with E-state index in [4.69, 9.17) is 5.73 Å². The van der Waals surface area contributed by atoms with Crippen LogP contribution in [-0.4, -0.2) is 25.0 Å². The molecule has 0 saturated carbocycles. The molecular formula is C12H14F2N2O3. The monoisotopic (exact) mass is 272 g/mol. The second-order valence-electron chi connectivity index (χ2n) is 3.81. The first-order valence-corrected chi connectivity index (χ1v) is 5.54. The molecule has 104 valence electrons. The highest BCUT2D eigenvalue weighted by Crippen LogP contribution is 2.20. The van der Waals surface area contributed by atoms with Gasteiger partial charge in [0.2, 0.25) is 5.91 Å². The smallest absolute Gasteiger partial charge is 0.340 e. The van der Waals surface area contributed by atoms with Crippen LogP contribution in [0.4, 0.5) is 14.5 Å². The van der Waals surface area contributed by atoms with E-state index in [9.17, 15) is 18.4 Å². The summed E-state index contributed by atoms with van der Waals surface area (Å²) in [7, 11) is 1.07. The molecule has 0 bridgehead atoms. The SMILES string of the molecule is CC[C@H](N)C(=O)Nc1cc(C(=O)OC)c(F)cc1F. The van der Waals surface area contributed by atoms with Crippen LogP contribution < -0.4 is 11.1 Å². The summed E-state index contributed by atoms with van der Waals surface area (Å²) in [5.41, 5.74) is 4.68. The zero-order chi connectivity index (χ0) is 14.6. The third-order valence-corrected chi connectivity index (χ3v) is 2.50. The molecule has 0 saturated heterocycles. The van der Waals surface area contributed by atoms with Crippen LogP contribution in [0.1, 0.15) is 23.7 Å². The van der Waals surface area contributed by atoms with Crippen LogP contribution in [0.15, 0.2) is 12.1 Å². The second-order valence-corrected chi connectivity index (χ2v) is 3.81. The first-order valence-electron chi connectivity index (χ1n) is 5.54. The Balaban J connectivity index is 3.08. The molecule has 1 atom stereocenters. The van der Waals surface area contributed by atoms with Crippen LogP contribution in [0.3, 0.4) is 0 Å². The van der Waals surface area contributed by atoms with Crippen LogP contribution >= 0.6 is 0 Å². The van der Waals surface area contributed by atoms with E-state index in [1.807, 2.05) is 0 Å². The predicted molar refractivity (Wildman–Crippen MR) is 64.6 cm³/mol. The third-order valence-electron chi connectivity index (χ3n) is 2.50. The van der Waals surface area contributed by atoms with Crippen molar-refractivity contribution in [3.63, 3.8) is 0 Å². The number of nitrogens with two attached hydrogens (primary N) is 1. The van der Waals surface area contributed by atoms with Crippen molar-refractivity contribution in [2.45, 2.75) is 19.4 Å². The fraction of sp³-hybridized carbons (Fsp3) is 0.333. The van der Waals surface area contributed by atoms with Crippen molar-refractivity contribution >= 4 is 17.6 Å². The number of carbonyl (C=O) groups excluding carboxylic acids is 2. The number of amides is 1. The Morgan fingerprint density at radius 1 is 1.37 bits per heavy atom. The van der Waals surface area contributed by atoms with E-state index in [-0.39, 0.29) is 5.69 Å². The van der Waals surface area contributed by atoms with Gasteiger partial charge in [0.05, 0.1) is 24.4 Å². The minimum atomic E-state index is -1.07. The molecule has 0 spiro atoms. The summed E-state index contributed by atoms with van der Waals surface area (Å²) in [6.45, 7) is 1.69. The molecule has 0 aliphatic rings. The Kier molecular flexibility index (Phi) is 4.94. The lowest BCUT2D eigenvalue weighted by Crippen LogP contribution is -2.35. The maximum Gasteiger partial charge on any atom is 0.340 e. The molecule has 1 rings (SSSR count). The zero-order valence-electron chi connectivity index (χ0n) is 10.5. The molecule has 0 unspecified atom stereocenters. The van der Waals surface area contributed by atoms with E-state index in [1.165, 1.54) is 0 Å². The van der Waals surface area contributed by atoms with Gasteiger partial charge in [0.1, 0.15) is 11.6 Å². The first kappa shape index (κ1) is 15.0. The summed E-state index contributed by atoms with van der Waals surface area (Å²) in [5.74, 6) is -3.65. The fourth-order valence-electron chi connectivity index (χ4n) is 1.32. The fourth-order valence-corrected chi connectivity index (χ4v) is 1.32. The van der Waals surface area contributed by atoms with E-state index in [0.29, 0.717) is 12.5 Å². The normalized spacial score (nSPS) is 11.8. The van der Waals surface area contributed by atoms with Gasteiger partial charge >= 0.3 is 5.97 Å². The summed E-state index contributed by atoms with van der Waals surface area (Å²) in [5, 5.41) is 2.19. The Hall–Kier alpha value is -2.02. The quantitative estimate of drug-likeness (QED) is 0.812. The molecule has 1 aromatic rings. The number of methoxy groups -OCH3 is 1. The Morgan fingerprint density at radius 2 is 2.00 bits per heavy atom. The molecule has 7 heteroatoms. The lowest BCUT2D eigenvalue weighted by molar-refractivity contribution is -0.117. The van der Waals surface area contributed by atoms with E-state index < -0.39 is 35.1 Å². The van der Waals surface area contributed by atoms with Crippen LogP contribution in [0.5, 0.6) is 0 Å². The van der Waals surface area contributed by atoms with Gasteiger partial charge in [0.15, 0.2) is 0 Å². The Labute approximate surface area is 108 Å². The van der Waals surface area contributed by atoms with Gasteiger partial charge < -0.3 is 15.8 Å². The average molecular weight is 272 g/mol. The highest BCUT2D eigenvalue weighted by molar-refractivity contribution is 5.97. The largest absolute Gasteiger partial charge is 0.465 e. The molecule has 5 nitrogen and oxygen atoms in total. The van der Waals surface area contributed by atoms with Crippen molar-refractivity contribution in [3.8, 4) is 0 Å². The van der Waals surface area contributed by atoms with Crippen molar-refractivity contribution in [1.82, 2.24) is 0 Å². The number of rotatable bonds is 4. The van der Waals surface area contributed by atoms with E-state index in [2.05, 4.69) is 10.1 Å². The highest BCUT2D eigenvalue weighted by atomic mass is 19.1. The van der Waals surface area contributed by atoms with Gasteiger partial charge in [-0.3, -0.25) is 4.79 Å². The number of benzene rings is 1. The van der Waals surface area contributed by atoms with Crippen molar-refractivity contribution in [2.24, 2.45) is 5.73 Å². The lowest BCUT2D eigenvalue weighted by Gasteiger charge is -2.12. The van der Waals surface area contributed by atoms with Gasteiger partial charge in [0, 0.05) is 6.07 Å². The number of halogens is 2. The van der Waals surface area contributed by atoms with Crippen LogP contribution in [0, 0.1) is 11.6 Å². The summed E-state index contributed by atoms with van der Waals surface area (Å²) >= 11 is 0. The summed E-state index contributed by atoms with van der Waals surface area (Å²) in [6.07, 6.45) is 0.360. The highest BCUT2D eigenvalue weighted by Gasteiger charge is 2.19. The Bertz CT molecular complexity index is 506. The molecule has 3 N–H and O–H groups in total. The second kappa shape index (κ2) is 6.24. The topological polar surface area (TPSA) is 81.4 Å².